The summed E-state index contributed by atoms with van der Waals surface area (Å²) in [5.41, 5.74) is 0.680. The number of hydrogen-bond donors (Lipinski definition) is 2. The molecule has 0 bridgehead atoms. The van der Waals surface area contributed by atoms with E-state index in [1.54, 1.807) is 26.2 Å². The topological polar surface area (TPSA) is 61.4 Å². The van der Waals surface area contributed by atoms with E-state index in [4.69, 9.17) is 0 Å². The van der Waals surface area contributed by atoms with E-state index in [2.05, 4.69) is 10.6 Å². The zero-order chi connectivity index (χ0) is 13.2. The highest BCUT2D eigenvalue weighted by atomic mass is 32.2. The van der Waals surface area contributed by atoms with Crippen molar-refractivity contribution in [1.82, 2.24) is 9.62 Å². The second kappa shape index (κ2) is 5.26. The Morgan fingerprint density at radius 2 is 2.06 bits per heavy atom. The van der Waals surface area contributed by atoms with Gasteiger partial charge in [0.25, 0.3) is 0 Å². The van der Waals surface area contributed by atoms with Crippen molar-refractivity contribution >= 4 is 15.7 Å². The van der Waals surface area contributed by atoms with Crippen molar-refractivity contribution in [2.75, 3.05) is 32.5 Å². The number of sulfonamides is 1. The number of rotatable bonds is 4. The van der Waals surface area contributed by atoms with Crippen LogP contribution < -0.4 is 10.6 Å². The predicted octanol–water partition coefficient (Wildman–Crippen LogP) is 0.711. The Morgan fingerprint density at radius 3 is 2.67 bits per heavy atom. The van der Waals surface area contributed by atoms with Gasteiger partial charge in [-0.2, -0.15) is 0 Å². The lowest BCUT2D eigenvalue weighted by atomic mass is 10.2. The summed E-state index contributed by atoms with van der Waals surface area (Å²) in [4.78, 5) is 0.335. The van der Waals surface area contributed by atoms with Crippen molar-refractivity contribution in [2.45, 2.75) is 17.4 Å². The van der Waals surface area contributed by atoms with Crippen LogP contribution in [0.4, 0.5) is 5.69 Å². The first kappa shape index (κ1) is 13.3. The van der Waals surface area contributed by atoms with Gasteiger partial charge in [-0.3, -0.25) is 0 Å². The van der Waals surface area contributed by atoms with Crippen molar-refractivity contribution < 1.29 is 8.42 Å². The number of nitrogens with zero attached hydrogens (tertiary/aromatic N) is 1. The Morgan fingerprint density at radius 1 is 1.33 bits per heavy atom. The van der Waals surface area contributed by atoms with Crippen LogP contribution in [-0.2, 0) is 10.0 Å². The molecule has 1 fully saturated rings. The van der Waals surface area contributed by atoms with Crippen molar-refractivity contribution in [1.29, 1.82) is 0 Å². The van der Waals surface area contributed by atoms with Crippen molar-refractivity contribution in [2.24, 2.45) is 0 Å². The first-order valence-electron chi connectivity index (χ1n) is 6.00. The summed E-state index contributed by atoms with van der Waals surface area (Å²) < 4.78 is 25.6. The molecule has 1 aromatic carbocycles. The third-order valence-electron chi connectivity index (χ3n) is 3.07. The summed E-state index contributed by atoms with van der Waals surface area (Å²) in [7, 11) is -0.309. The highest BCUT2D eigenvalue weighted by molar-refractivity contribution is 7.89. The van der Waals surface area contributed by atoms with E-state index in [1.807, 2.05) is 12.1 Å². The summed E-state index contributed by atoms with van der Waals surface area (Å²) in [6, 6.07) is 7.34. The lowest BCUT2D eigenvalue weighted by Gasteiger charge is -2.18. The molecule has 1 heterocycles. The van der Waals surface area contributed by atoms with Crippen LogP contribution in [0.15, 0.2) is 29.2 Å². The molecule has 0 spiro atoms. The lowest BCUT2D eigenvalue weighted by Crippen LogP contribution is -2.26. The molecule has 1 saturated heterocycles. The van der Waals surface area contributed by atoms with Gasteiger partial charge in [-0.15, -0.1) is 0 Å². The summed E-state index contributed by atoms with van der Waals surface area (Å²) >= 11 is 0. The van der Waals surface area contributed by atoms with E-state index in [-0.39, 0.29) is 0 Å². The van der Waals surface area contributed by atoms with Gasteiger partial charge in [0, 0.05) is 26.7 Å². The molecule has 18 heavy (non-hydrogen) atoms. The number of benzene rings is 1. The highest BCUT2D eigenvalue weighted by Crippen LogP contribution is 2.24. The predicted molar refractivity (Wildman–Crippen MR) is 72.2 cm³/mol. The van der Waals surface area contributed by atoms with Crippen LogP contribution in [0.1, 0.15) is 6.42 Å². The van der Waals surface area contributed by atoms with Gasteiger partial charge in [0.1, 0.15) is 4.90 Å². The van der Waals surface area contributed by atoms with Crippen LogP contribution in [0.2, 0.25) is 0 Å². The molecule has 2 rings (SSSR count). The zero-order valence-electron chi connectivity index (χ0n) is 10.7. The number of nitrogens with one attached hydrogen (secondary N) is 2. The fourth-order valence-electron chi connectivity index (χ4n) is 2.01. The zero-order valence-corrected chi connectivity index (χ0v) is 11.5. The third kappa shape index (κ3) is 2.66. The highest BCUT2D eigenvalue weighted by Gasteiger charge is 2.23. The minimum absolute atomic E-state index is 0.295. The molecule has 1 aliphatic heterocycles. The minimum atomic E-state index is -3.40. The molecule has 2 N–H and O–H groups in total. The van der Waals surface area contributed by atoms with Crippen molar-refractivity contribution in [3.8, 4) is 0 Å². The van der Waals surface area contributed by atoms with Gasteiger partial charge in [0.2, 0.25) is 10.0 Å². The first-order valence-corrected chi connectivity index (χ1v) is 7.44. The van der Waals surface area contributed by atoms with Gasteiger partial charge >= 0.3 is 0 Å². The van der Waals surface area contributed by atoms with Gasteiger partial charge in [0.05, 0.1) is 5.69 Å². The standard InChI is InChI=1S/C12H19N3O2S/c1-15(2)18(16,17)12-6-4-3-5-11(12)14-10-7-8-13-9-10/h3-6,10,13-14H,7-9H2,1-2H3. The van der Waals surface area contributed by atoms with E-state index in [0.29, 0.717) is 16.6 Å². The van der Waals surface area contributed by atoms with Gasteiger partial charge < -0.3 is 10.6 Å². The molecule has 0 aliphatic carbocycles. The van der Waals surface area contributed by atoms with Gasteiger partial charge in [0.15, 0.2) is 0 Å². The molecule has 0 aromatic heterocycles. The molecule has 100 valence electrons. The van der Waals surface area contributed by atoms with Crippen molar-refractivity contribution in [3.05, 3.63) is 24.3 Å². The van der Waals surface area contributed by atoms with E-state index >= 15 is 0 Å². The molecule has 1 atom stereocenters. The monoisotopic (exact) mass is 269 g/mol. The van der Waals surface area contributed by atoms with E-state index in [1.165, 1.54) is 4.31 Å². The van der Waals surface area contributed by atoms with Crippen LogP contribution in [0.5, 0.6) is 0 Å². The van der Waals surface area contributed by atoms with Crippen LogP contribution in [-0.4, -0.2) is 45.9 Å². The third-order valence-corrected chi connectivity index (χ3v) is 4.94. The molecular formula is C12H19N3O2S. The van der Waals surface area contributed by atoms with E-state index < -0.39 is 10.0 Å². The number of anilines is 1. The van der Waals surface area contributed by atoms with Gasteiger partial charge in [-0.25, -0.2) is 12.7 Å². The van der Waals surface area contributed by atoms with Crippen LogP contribution in [0, 0.1) is 0 Å². The van der Waals surface area contributed by atoms with Crippen LogP contribution in [0.25, 0.3) is 0 Å². The second-order valence-electron chi connectivity index (χ2n) is 4.62. The molecule has 1 unspecified atom stereocenters. The first-order chi connectivity index (χ1) is 8.51. The quantitative estimate of drug-likeness (QED) is 0.845. The van der Waals surface area contributed by atoms with Crippen molar-refractivity contribution in [3.63, 3.8) is 0 Å². The SMILES string of the molecule is CN(C)S(=O)(=O)c1ccccc1NC1CCNC1. The summed E-state index contributed by atoms with van der Waals surface area (Å²) in [5.74, 6) is 0. The molecule has 1 aliphatic rings. The van der Waals surface area contributed by atoms with E-state index in [0.717, 1.165) is 19.5 Å². The van der Waals surface area contributed by atoms with Crippen LogP contribution >= 0.6 is 0 Å². The van der Waals surface area contributed by atoms with Crippen LogP contribution in [0.3, 0.4) is 0 Å². The fourth-order valence-corrected chi connectivity index (χ4v) is 3.05. The number of para-hydroxylation sites is 1. The summed E-state index contributed by atoms with van der Waals surface area (Å²) in [5, 5.41) is 6.55. The Bertz CT molecular complexity index is 508. The maximum absolute atomic E-state index is 12.2. The Labute approximate surface area is 108 Å². The lowest BCUT2D eigenvalue weighted by molar-refractivity contribution is 0.521. The van der Waals surface area contributed by atoms with E-state index in [9.17, 15) is 8.42 Å². The Balaban J connectivity index is 2.31. The molecule has 5 nitrogen and oxygen atoms in total. The maximum atomic E-state index is 12.2. The Kier molecular flexibility index (Phi) is 3.89. The van der Waals surface area contributed by atoms with Gasteiger partial charge in [-0.05, 0) is 25.1 Å². The second-order valence-corrected chi connectivity index (χ2v) is 6.74. The molecular weight excluding hydrogens is 250 g/mol. The largest absolute Gasteiger partial charge is 0.380 e. The maximum Gasteiger partial charge on any atom is 0.244 e. The number of hydrogen-bond acceptors (Lipinski definition) is 4. The molecule has 0 saturated carbocycles. The average molecular weight is 269 g/mol. The van der Waals surface area contributed by atoms with Gasteiger partial charge in [-0.1, -0.05) is 12.1 Å². The summed E-state index contributed by atoms with van der Waals surface area (Å²) in [6.07, 6.45) is 1.01. The normalized spacial score (nSPS) is 20.3. The molecule has 0 radical (unpaired) electrons. The molecule has 1 aromatic rings. The molecule has 6 heteroatoms. The minimum Gasteiger partial charge on any atom is -0.380 e. The smallest absolute Gasteiger partial charge is 0.244 e. The summed E-state index contributed by atoms with van der Waals surface area (Å²) in [6.45, 7) is 1.84. The Hall–Kier alpha value is -1.11. The average Bonchev–Trinajstić information content (AvgIpc) is 2.82. The fraction of sp³-hybridized carbons (Fsp3) is 0.500. The molecule has 0 amide bonds.